The van der Waals surface area contributed by atoms with Crippen molar-refractivity contribution < 1.29 is 4.79 Å². The third kappa shape index (κ3) is 2.21. The molecule has 0 atom stereocenters. The number of benzene rings is 1. The molecular formula is C15H11N5O. The van der Waals surface area contributed by atoms with Crippen molar-refractivity contribution in [1.82, 2.24) is 20.1 Å². The third-order valence-electron chi connectivity index (χ3n) is 3.09. The smallest absolute Gasteiger partial charge is 0.271 e. The standard InChI is InChI=1S/C15H11N5O/c1-17-15(21)13-6-7-20(19-13)14-11(9-16)8-10-4-2-3-5-12(10)18-14/h2-8H,1H3,(H,17,21). The molecule has 0 radical (unpaired) electrons. The molecule has 0 saturated heterocycles. The number of hydrogen-bond acceptors (Lipinski definition) is 4. The minimum Gasteiger partial charge on any atom is -0.354 e. The molecule has 0 aliphatic heterocycles. The number of hydrogen-bond donors (Lipinski definition) is 1. The quantitative estimate of drug-likeness (QED) is 0.772. The van der Waals surface area contributed by atoms with Crippen molar-refractivity contribution in [2.24, 2.45) is 0 Å². The van der Waals surface area contributed by atoms with Crippen molar-refractivity contribution in [3.8, 4) is 11.9 Å². The van der Waals surface area contributed by atoms with E-state index in [1.807, 2.05) is 24.3 Å². The van der Waals surface area contributed by atoms with Crippen molar-refractivity contribution in [2.45, 2.75) is 0 Å². The molecule has 102 valence electrons. The van der Waals surface area contributed by atoms with Crippen LogP contribution in [0, 0.1) is 11.3 Å². The Hall–Kier alpha value is -3.20. The number of pyridine rings is 1. The summed E-state index contributed by atoms with van der Waals surface area (Å²) >= 11 is 0. The second-order valence-electron chi connectivity index (χ2n) is 4.39. The number of amides is 1. The maximum absolute atomic E-state index is 11.6. The number of para-hydroxylation sites is 1. The average Bonchev–Trinajstić information content (AvgIpc) is 3.02. The molecular weight excluding hydrogens is 266 g/mol. The number of fused-ring (bicyclic) bond motifs is 1. The van der Waals surface area contributed by atoms with Gasteiger partial charge in [-0.15, -0.1) is 0 Å². The normalized spacial score (nSPS) is 10.3. The Kier molecular flexibility index (Phi) is 3.09. The number of rotatable bonds is 2. The Bertz CT molecular complexity index is 875. The molecule has 3 rings (SSSR count). The largest absolute Gasteiger partial charge is 0.354 e. The molecule has 6 heteroatoms. The first-order chi connectivity index (χ1) is 10.2. The van der Waals surface area contributed by atoms with E-state index >= 15 is 0 Å². The maximum Gasteiger partial charge on any atom is 0.271 e. The predicted molar refractivity (Wildman–Crippen MR) is 77.0 cm³/mol. The molecule has 21 heavy (non-hydrogen) atoms. The van der Waals surface area contributed by atoms with Crippen LogP contribution in [0.15, 0.2) is 42.6 Å². The molecule has 2 aromatic heterocycles. The van der Waals surface area contributed by atoms with E-state index in [4.69, 9.17) is 0 Å². The van der Waals surface area contributed by atoms with Crippen LogP contribution < -0.4 is 5.32 Å². The Morgan fingerprint density at radius 1 is 1.33 bits per heavy atom. The number of carbonyl (C=O) groups is 1. The zero-order valence-corrected chi connectivity index (χ0v) is 11.2. The average molecular weight is 277 g/mol. The summed E-state index contributed by atoms with van der Waals surface area (Å²) in [6.45, 7) is 0. The predicted octanol–water partition coefficient (Wildman–Crippen LogP) is 1.65. The lowest BCUT2D eigenvalue weighted by Gasteiger charge is -2.05. The summed E-state index contributed by atoms with van der Waals surface area (Å²) in [7, 11) is 1.54. The fourth-order valence-electron chi connectivity index (χ4n) is 2.05. The maximum atomic E-state index is 11.6. The van der Waals surface area contributed by atoms with E-state index in [-0.39, 0.29) is 11.6 Å². The van der Waals surface area contributed by atoms with E-state index in [2.05, 4.69) is 21.5 Å². The molecule has 0 spiro atoms. The third-order valence-corrected chi connectivity index (χ3v) is 3.09. The monoisotopic (exact) mass is 277 g/mol. The van der Waals surface area contributed by atoms with E-state index in [1.165, 1.54) is 11.7 Å². The summed E-state index contributed by atoms with van der Waals surface area (Å²) in [5.41, 5.74) is 1.44. The number of nitrogens with zero attached hydrogens (tertiary/aromatic N) is 4. The van der Waals surface area contributed by atoms with Gasteiger partial charge in [-0.25, -0.2) is 9.67 Å². The molecule has 2 heterocycles. The molecule has 0 unspecified atom stereocenters. The van der Waals surface area contributed by atoms with Crippen LogP contribution in [0.5, 0.6) is 0 Å². The Balaban J connectivity index is 2.17. The van der Waals surface area contributed by atoms with Crippen LogP contribution in [0.3, 0.4) is 0 Å². The molecule has 1 aromatic carbocycles. The van der Waals surface area contributed by atoms with Gasteiger partial charge < -0.3 is 5.32 Å². The minimum atomic E-state index is -0.284. The number of nitrogens with one attached hydrogen (secondary N) is 1. The highest BCUT2D eigenvalue weighted by atomic mass is 16.1. The van der Waals surface area contributed by atoms with Crippen molar-refractivity contribution in [1.29, 1.82) is 5.26 Å². The molecule has 1 amide bonds. The topological polar surface area (TPSA) is 83.6 Å². The molecule has 0 bridgehead atoms. The lowest BCUT2D eigenvalue weighted by molar-refractivity contribution is 0.0957. The molecule has 0 saturated carbocycles. The Morgan fingerprint density at radius 2 is 2.14 bits per heavy atom. The minimum absolute atomic E-state index is 0.274. The van der Waals surface area contributed by atoms with E-state index < -0.39 is 0 Å². The molecule has 3 aromatic rings. The van der Waals surface area contributed by atoms with Gasteiger partial charge in [-0.1, -0.05) is 18.2 Å². The van der Waals surface area contributed by atoms with Crippen LogP contribution >= 0.6 is 0 Å². The van der Waals surface area contributed by atoms with E-state index in [0.29, 0.717) is 11.4 Å². The van der Waals surface area contributed by atoms with Gasteiger partial charge in [0.05, 0.1) is 11.1 Å². The van der Waals surface area contributed by atoms with Gasteiger partial charge in [0.2, 0.25) is 0 Å². The van der Waals surface area contributed by atoms with Crippen molar-refractivity contribution in [3.05, 3.63) is 53.9 Å². The summed E-state index contributed by atoms with van der Waals surface area (Å²) in [5.74, 6) is 0.124. The van der Waals surface area contributed by atoms with Crippen LogP contribution in [-0.2, 0) is 0 Å². The van der Waals surface area contributed by atoms with Gasteiger partial charge >= 0.3 is 0 Å². The second-order valence-corrected chi connectivity index (χ2v) is 4.39. The summed E-state index contributed by atoms with van der Waals surface area (Å²) in [6.07, 6.45) is 1.61. The fourth-order valence-corrected chi connectivity index (χ4v) is 2.05. The molecule has 6 nitrogen and oxygen atoms in total. The zero-order chi connectivity index (χ0) is 14.8. The number of nitriles is 1. The van der Waals surface area contributed by atoms with Crippen LogP contribution in [0.4, 0.5) is 0 Å². The van der Waals surface area contributed by atoms with Gasteiger partial charge in [-0.2, -0.15) is 10.4 Å². The Morgan fingerprint density at radius 3 is 2.90 bits per heavy atom. The van der Waals surface area contributed by atoms with Gasteiger partial charge in [-0.05, 0) is 18.2 Å². The number of aromatic nitrogens is 3. The molecule has 0 aliphatic rings. The van der Waals surface area contributed by atoms with Gasteiger partial charge in [0.1, 0.15) is 6.07 Å². The first kappa shape index (κ1) is 12.8. The fraction of sp³-hybridized carbons (Fsp3) is 0.0667. The Labute approximate surface area is 120 Å². The van der Waals surface area contributed by atoms with Gasteiger partial charge in [0, 0.05) is 18.6 Å². The van der Waals surface area contributed by atoms with E-state index in [0.717, 1.165) is 10.9 Å². The second kappa shape index (κ2) is 5.06. The molecule has 0 fully saturated rings. The van der Waals surface area contributed by atoms with Crippen LogP contribution in [0.1, 0.15) is 16.1 Å². The molecule has 1 N–H and O–H groups in total. The van der Waals surface area contributed by atoms with E-state index in [9.17, 15) is 10.1 Å². The summed E-state index contributed by atoms with van der Waals surface area (Å²) in [6, 6.07) is 13.0. The highest BCUT2D eigenvalue weighted by molar-refractivity contribution is 5.92. The van der Waals surface area contributed by atoms with Crippen LogP contribution in [0.2, 0.25) is 0 Å². The van der Waals surface area contributed by atoms with Gasteiger partial charge in [0.15, 0.2) is 11.5 Å². The lowest BCUT2D eigenvalue weighted by Crippen LogP contribution is -2.18. The van der Waals surface area contributed by atoms with Crippen LogP contribution in [0.25, 0.3) is 16.7 Å². The van der Waals surface area contributed by atoms with Crippen molar-refractivity contribution >= 4 is 16.8 Å². The molecule has 0 aliphatic carbocycles. The van der Waals surface area contributed by atoms with Crippen LogP contribution in [-0.4, -0.2) is 27.7 Å². The summed E-state index contributed by atoms with van der Waals surface area (Å²) in [5, 5.41) is 16.8. The van der Waals surface area contributed by atoms with Crippen molar-refractivity contribution in [3.63, 3.8) is 0 Å². The van der Waals surface area contributed by atoms with E-state index in [1.54, 1.807) is 18.3 Å². The van der Waals surface area contributed by atoms with Gasteiger partial charge in [0.25, 0.3) is 5.91 Å². The van der Waals surface area contributed by atoms with Gasteiger partial charge in [-0.3, -0.25) is 4.79 Å². The first-order valence-electron chi connectivity index (χ1n) is 6.31. The first-order valence-corrected chi connectivity index (χ1v) is 6.31. The highest BCUT2D eigenvalue weighted by Gasteiger charge is 2.12. The number of carbonyl (C=O) groups excluding carboxylic acids is 1. The SMILES string of the molecule is CNC(=O)c1ccn(-c2nc3ccccc3cc2C#N)n1. The summed E-state index contributed by atoms with van der Waals surface area (Å²) < 4.78 is 1.44. The summed E-state index contributed by atoms with van der Waals surface area (Å²) in [4.78, 5) is 16.0. The highest BCUT2D eigenvalue weighted by Crippen LogP contribution is 2.18. The zero-order valence-electron chi connectivity index (χ0n) is 11.2. The van der Waals surface area contributed by atoms with Crippen molar-refractivity contribution in [2.75, 3.05) is 7.05 Å². The lowest BCUT2D eigenvalue weighted by atomic mass is 10.1.